The molecule has 0 aromatic carbocycles. The van der Waals surface area contributed by atoms with Gasteiger partial charge in [0.15, 0.2) is 0 Å². The summed E-state index contributed by atoms with van der Waals surface area (Å²) in [5.74, 6) is 1.63. The fourth-order valence-electron chi connectivity index (χ4n) is 1.92. The molecule has 19 heavy (non-hydrogen) atoms. The van der Waals surface area contributed by atoms with Gasteiger partial charge in [0, 0.05) is 31.2 Å². The fraction of sp³-hybridized carbons (Fsp3) is 0.143. The molecular formula is C14H14N4O. The van der Waals surface area contributed by atoms with Gasteiger partial charge in [-0.2, -0.15) is 0 Å². The Morgan fingerprint density at radius 1 is 1.21 bits per heavy atom. The summed E-state index contributed by atoms with van der Waals surface area (Å²) in [5, 5.41) is 3.37. The molecule has 3 aromatic heterocycles. The molecule has 1 N–H and O–H groups in total. The maximum absolute atomic E-state index is 5.04. The number of hydrogen-bond acceptors (Lipinski definition) is 4. The van der Waals surface area contributed by atoms with Crippen LogP contribution in [0.5, 0.6) is 5.88 Å². The van der Waals surface area contributed by atoms with Crippen molar-refractivity contribution >= 4 is 11.5 Å². The lowest BCUT2D eigenvalue weighted by atomic mass is 10.3. The van der Waals surface area contributed by atoms with Gasteiger partial charge < -0.3 is 10.1 Å². The Morgan fingerprint density at radius 2 is 2.16 bits per heavy atom. The largest absolute Gasteiger partial charge is 0.481 e. The first-order valence-electron chi connectivity index (χ1n) is 6.02. The van der Waals surface area contributed by atoms with Crippen molar-refractivity contribution in [3.05, 3.63) is 54.5 Å². The fourth-order valence-corrected chi connectivity index (χ4v) is 1.92. The predicted octanol–water partition coefficient (Wildman–Crippen LogP) is 2.35. The van der Waals surface area contributed by atoms with Crippen LogP contribution in [-0.2, 0) is 6.54 Å². The SMILES string of the molecule is COc1ccc(CNc2cccc3nccn23)cn1. The van der Waals surface area contributed by atoms with E-state index in [1.807, 2.05) is 40.9 Å². The first-order valence-corrected chi connectivity index (χ1v) is 6.02. The maximum atomic E-state index is 5.04. The Bertz CT molecular complexity index is 675. The maximum Gasteiger partial charge on any atom is 0.212 e. The Labute approximate surface area is 110 Å². The Balaban J connectivity index is 1.76. The second kappa shape index (κ2) is 4.97. The van der Waals surface area contributed by atoms with Crippen LogP contribution in [0.4, 0.5) is 5.82 Å². The van der Waals surface area contributed by atoms with Gasteiger partial charge in [0.2, 0.25) is 5.88 Å². The van der Waals surface area contributed by atoms with Crippen LogP contribution in [0.2, 0.25) is 0 Å². The smallest absolute Gasteiger partial charge is 0.212 e. The van der Waals surface area contributed by atoms with E-state index in [9.17, 15) is 0 Å². The summed E-state index contributed by atoms with van der Waals surface area (Å²) >= 11 is 0. The lowest BCUT2D eigenvalue weighted by Crippen LogP contribution is -2.04. The second-order valence-electron chi connectivity index (χ2n) is 4.13. The first-order chi connectivity index (χ1) is 9.36. The monoisotopic (exact) mass is 254 g/mol. The average molecular weight is 254 g/mol. The highest BCUT2D eigenvalue weighted by Crippen LogP contribution is 2.13. The first kappa shape index (κ1) is 11.5. The number of pyridine rings is 2. The van der Waals surface area contributed by atoms with Crippen LogP contribution in [0.1, 0.15) is 5.56 Å². The van der Waals surface area contributed by atoms with Gasteiger partial charge in [-0.05, 0) is 17.7 Å². The molecule has 5 nitrogen and oxygen atoms in total. The Hall–Kier alpha value is -2.56. The van der Waals surface area contributed by atoms with E-state index in [-0.39, 0.29) is 0 Å². The molecule has 5 heteroatoms. The third kappa shape index (κ3) is 2.35. The van der Waals surface area contributed by atoms with Gasteiger partial charge in [0.25, 0.3) is 0 Å². The lowest BCUT2D eigenvalue weighted by molar-refractivity contribution is 0.397. The molecule has 0 saturated carbocycles. The zero-order valence-corrected chi connectivity index (χ0v) is 10.6. The van der Waals surface area contributed by atoms with Crippen molar-refractivity contribution in [3.63, 3.8) is 0 Å². The minimum absolute atomic E-state index is 0.625. The van der Waals surface area contributed by atoms with Crippen molar-refractivity contribution in [2.45, 2.75) is 6.54 Å². The number of hydrogen-bond donors (Lipinski definition) is 1. The molecule has 0 amide bonds. The third-order valence-corrected chi connectivity index (χ3v) is 2.91. The highest BCUT2D eigenvalue weighted by atomic mass is 16.5. The Kier molecular flexibility index (Phi) is 3.02. The van der Waals surface area contributed by atoms with E-state index in [0.717, 1.165) is 17.0 Å². The molecule has 3 heterocycles. The third-order valence-electron chi connectivity index (χ3n) is 2.91. The number of nitrogens with zero attached hydrogens (tertiary/aromatic N) is 3. The van der Waals surface area contributed by atoms with Gasteiger partial charge in [-0.15, -0.1) is 0 Å². The molecule has 96 valence electrons. The van der Waals surface area contributed by atoms with E-state index in [0.29, 0.717) is 12.4 Å². The summed E-state index contributed by atoms with van der Waals surface area (Å²) in [6, 6.07) is 9.82. The van der Waals surface area contributed by atoms with E-state index in [1.165, 1.54) is 0 Å². The summed E-state index contributed by atoms with van der Waals surface area (Å²) in [4.78, 5) is 8.43. The molecule has 3 rings (SSSR count). The summed E-state index contributed by atoms with van der Waals surface area (Å²) in [6.45, 7) is 0.703. The molecule has 0 saturated heterocycles. The topological polar surface area (TPSA) is 51.5 Å². The summed E-state index contributed by atoms with van der Waals surface area (Å²) < 4.78 is 7.05. The normalized spacial score (nSPS) is 10.6. The summed E-state index contributed by atoms with van der Waals surface area (Å²) in [5.41, 5.74) is 2.02. The highest BCUT2D eigenvalue weighted by molar-refractivity contribution is 5.50. The van der Waals surface area contributed by atoms with E-state index in [4.69, 9.17) is 4.74 Å². The number of rotatable bonds is 4. The van der Waals surface area contributed by atoms with Crippen LogP contribution >= 0.6 is 0 Å². The number of fused-ring (bicyclic) bond motifs is 1. The molecule has 0 unspecified atom stereocenters. The molecule has 0 atom stereocenters. The zero-order chi connectivity index (χ0) is 13.1. The van der Waals surface area contributed by atoms with Crippen molar-refractivity contribution in [1.29, 1.82) is 0 Å². The van der Waals surface area contributed by atoms with E-state index in [1.54, 1.807) is 19.5 Å². The molecule has 3 aromatic rings. The lowest BCUT2D eigenvalue weighted by Gasteiger charge is -2.09. The van der Waals surface area contributed by atoms with Crippen LogP contribution in [0, 0.1) is 0 Å². The van der Waals surface area contributed by atoms with Gasteiger partial charge in [0.05, 0.1) is 7.11 Å². The molecule has 0 bridgehead atoms. The van der Waals surface area contributed by atoms with Crippen molar-refractivity contribution in [2.24, 2.45) is 0 Å². The highest BCUT2D eigenvalue weighted by Gasteiger charge is 2.00. The standard InChI is InChI=1S/C14H14N4O/c1-19-14-6-5-11(10-17-14)9-16-13-4-2-3-12-15-7-8-18(12)13/h2-8,10,16H,9H2,1H3. The second-order valence-corrected chi connectivity index (χ2v) is 4.13. The van der Waals surface area contributed by atoms with Crippen LogP contribution in [0.15, 0.2) is 48.9 Å². The molecular weight excluding hydrogens is 240 g/mol. The van der Waals surface area contributed by atoms with Crippen molar-refractivity contribution in [1.82, 2.24) is 14.4 Å². The van der Waals surface area contributed by atoms with E-state index < -0.39 is 0 Å². The van der Waals surface area contributed by atoms with Gasteiger partial charge in [-0.25, -0.2) is 9.97 Å². The number of anilines is 1. The predicted molar refractivity (Wildman–Crippen MR) is 73.3 cm³/mol. The van der Waals surface area contributed by atoms with Crippen molar-refractivity contribution in [3.8, 4) is 5.88 Å². The number of methoxy groups -OCH3 is 1. The van der Waals surface area contributed by atoms with Crippen molar-refractivity contribution < 1.29 is 4.74 Å². The molecule has 0 aliphatic rings. The summed E-state index contributed by atoms with van der Waals surface area (Å²) in [7, 11) is 1.61. The minimum atomic E-state index is 0.625. The molecule has 0 aliphatic heterocycles. The van der Waals surface area contributed by atoms with Gasteiger partial charge >= 0.3 is 0 Å². The van der Waals surface area contributed by atoms with Gasteiger partial charge in [-0.1, -0.05) is 12.1 Å². The van der Waals surface area contributed by atoms with Gasteiger partial charge in [0.1, 0.15) is 11.5 Å². The molecule has 0 spiro atoms. The molecule has 0 aliphatic carbocycles. The number of nitrogens with one attached hydrogen (secondary N) is 1. The van der Waals surface area contributed by atoms with Gasteiger partial charge in [-0.3, -0.25) is 4.40 Å². The van der Waals surface area contributed by atoms with Crippen LogP contribution < -0.4 is 10.1 Å². The number of aromatic nitrogens is 3. The van der Waals surface area contributed by atoms with Crippen LogP contribution in [0.3, 0.4) is 0 Å². The quantitative estimate of drug-likeness (QED) is 0.776. The van der Waals surface area contributed by atoms with E-state index in [2.05, 4.69) is 15.3 Å². The number of ether oxygens (including phenoxy) is 1. The van der Waals surface area contributed by atoms with Crippen LogP contribution in [-0.4, -0.2) is 21.5 Å². The summed E-state index contributed by atoms with van der Waals surface area (Å²) in [6.07, 6.45) is 5.53. The number of imidazole rings is 1. The molecule has 0 fully saturated rings. The van der Waals surface area contributed by atoms with Crippen LogP contribution in [0.25, 0.3) is 5.65 Å². The zero-order valence-electron chi connectivity index (χ0n) is 10.6. The minimum Gasteiger partial charge on any atom is -0.481 e. The molecule has 0 radical (unpaired) electrons. The van der Waals surface area contributed by atoms with Crippen molar-refractivity contribution in [2.75, 3.05) is 12.4 Å². The van der Waals surface area contributed by atoms with E-state index >= 15 is 0 Å². The Morgan fingerprint density at radius 3 is 2.95 bits per heavy atom. The average Bonchev–Trinajstić information content (AvgIpc) is 2.94.